The summed E-state index contributed by atoms with van der Waals surface area (Å²) < 4.78 is 26.7. The molecule has 8 heteroatoms. The van der Waals surface area contributed by atoms with Gasteiger partial charge >= 0.3 is 0 Å². The van der Waals surface area contributed by atoms with Crippen LogP contribution in [-0.2, 0) is 10.0 Å². The summed E-state index contributed by atoms with van der Waals surface area (Å²) in [5.74, 6) is 0.647. The molecule has 1 heterocycles. The van der Waals surface area contributed by atoms with Crippen LogP contribution in [0.3, 0.4) is 0 Å². The molecule has 3 aromatic rings. The monoisotopic (exact) mass is 332 g/mol. The summed E-state index contributed by atoms with van der Waals surface area (Å²) in [4.78, 5) is 4.47. The molecule has 112 valence electrons. The van der Waals surface area contributed by atoms with Crippen molar-refractivity contribution in [3.05, 3.63) is 54.6 Å². The largest absolute Gasteiger partial charge is 0.330 e. The summed E-state index contributed by atoms with van der Waals surface area (Å²) in [5.41, 5.74) is 1.65. The normalized spacial score (nSPS) is 11.3. The van der Waals surface area contributed by atoms with Gasteiger partial charge in [-0.3, -0.25) is 0 Å². The lowest BCUT2D eigenvalue weighted by Gasteiger charge is -2.03. The molecule has 0 saturated heterocycles. The number of nitrogens with two attached hydrogens (primary N) is 1. The van der Waals surface area contributed by atoms with Crippen molar-refractivity contribution in [3.8, 4) is 11.4 Å². The third kappa shape index (κ3) is 3.30. The molecule has 0 atom stereocenters. The zero-order chi connectivity index (χ0) is 15.6. The summed E-state index contributed by atoms with van der Waals surface area (Å²) in [7, 11) is -3.68. The second-order valence-corrected chi connectivity index (χ2v) is 6.80. The summed E-state index contributed by atoms with van der Waals surface area (Å²) >= 11 is 1.23. The van der Waals surface area contributed by atoms with Gasteiger partial charge in [0.05, 0.1) is 4.90 Å². The number of hydrogen-bond donors (Lipinski definition) is 2. The molecule has 0 radical (unpaired) electrons. The van der Waals surface area contributed by atoms with Crippen molar-refractivity contribution >= 4 is 32.4 Å². The predicted molar refractivity (Wildman–Crippen MR) is 86.4 cm³/mol. The Kier molecular flexibility index (Phi) is 3.88. The first kappa shape index (κ1) is 14.6. The fourth-order valence-electron chi connectivity index (χ4n) is 1.83. The average Bonchev–Trinajstić information content (AvgIpc) is 2.96. The lowest BCUT2D eigenvalue weighted by molar-refractivity contribution is 0.598. The van der Waals surface area contributed by atoms with E-state index in [4.69, 9.17) is 5.14 Å². The third-order valence-corrected chi connectivity index (χ3v) is 4.45. The number of primary sulfonamides is 1. The molecule has 6 nitrogen and oxygen atoms in total. The van der Waals surface area contributed by atoms with Gasteiger partial charge in [-0.15, -0.1) is 0 Å². The van der Waals surface area contributed by atoms with Crippen LogP contribution in [0.5, 0.6) is 0 Å². The summed E-state index contributed by atoms with van der Waals surface area (Å²) in [6.07, 6.45) is 0. The molecule has 22 heavy (non-hydrogen) atoms. The molecule has 0 fully saturated rings. The molecular formula is C14H12N4O2S2. The van der Waals surface area contributed by atoms with Gasteiger partial charge in [0.2, 0.25) is 15.2 Å². The van der Waals surface area contributed by atoms with Crippen LogP contribution >= 0.6 is 11.5 Å². The number of sulfonamides is 1. The third-order valence-electron chi connectivity index (χ3n) is 2.89. The van der Waals surface area contributed by atoms with Gasteiger partial charge in [-0.25, -0.2) is 13.6 Å². The lowest BCUT2D eigenvalue weighted by Crippen LogP contribution is -2.11. The Morgan fingerprint density at radius 3 is 2.32 bits per heavy atom. The summed E-state index contributed by atoms with van der Waals surface area (Å²) in [6, 6.07) is 15.8. The molecular weight excluding hydrogens is 320 g/mol. The topological polar surface area (TPSA) is 98.0 Å². The second kappa shape index (κ2) is 5.84. The minimum Gasteiger partial charge on any atom is -0.330 e. The molecule has 0 bridgehead atoms. The highest BCUT2D eigenvalue weighted by molar-refractivity contribution is 7.89. The van der Waals surface area contributed by atoms with Crippen LogP contribution < -0.4 is 10.5 Å². The van der Waals surface area contributed by atoms with Crippen molar-refractivity contribution in [3.63, 3.8) is 0 Å². The minimum atomic E-state index is -3.68. The molecule has 0 amide bonds. The smallest absolute Gasteiger partial charge is 0.238 e. The van der Waals surface area contributed by atoms with E-state index in [1.54, 1.807) is 12.1 Å². The molecule has 0 aliphatic rings. The van der Waals surface area contributed by atoms with Gasteiger partial charge in [0, 0.05) is 22.8 Å². The van der Waals surface area contributed by atoms with E-state index in [9.17, 15) is 8.42 Å². The van der Waals surface area contributed by atoms with Crippen molar-refractivity contribution in [2.24, 2.45) is 5.14 Å². The lowest BCUT2D eigenvalue weighted by atomic mass is 10.2. The van der Waals surface area contributed by atoms with Crippen LogP contribution in [0.25, 0.3) is 11.4 Å². The van der Waals surface area contributed by atoms with Gasteiger partial charge in [0.25, 0.3) is 0 Å². The Labute approximate surface area is 131 Å². The molecule has 1 aromatic heterocycles. The number of nitrogens with zero attached hydrogens (tertiary/aromatic N) is 2. The summed E-state index contributed by atoms with van der Waals surface area (Å²) in [5, 5.41) is 8.77. The van der Waals surface area contributed by atoms with Crippen LogP contribution in [-0.4, -0.2) is 17.8 Å². The molecule has 0 saturated carbocycles. The van der Waals surface area contributed by atoms with Gasteiger partial charge in [-0.2, -0.15) is 9.36 Å². The maximum Gasteiger partial charge on any atom is 0.238 e. The minimum absolute atomic E-state index is 0.0697. The molecule has 0 aliphatic carbocycles. The van der Waals surface area contributed by atoms with E-state index in [1.165, 1.54) is 23.7 Å². The van der Waals surface area contributed by atoms with E-state index in [2.05, 4.69) is 14.7 Å². The first-order chi connectivity index (χ1) is 10.5. The van der Waals surface area contributed by atoms with Gasteiger partial charge in [-0.1, -0.05) is 30.3 Å². The van der Waals surface area contributed by atoms with Gasteiger partial charge < -0.3 is 5.32 Å². The zero-order valence-electron chi connectivity index (χ0n) is 11.3. The average molecular weight is 332 g/mol. The van der Waals surface area contributed by atoms with Gasteiger partial charge in [0.1, 0.15) is 0 Å². The molecule has 3 rings (SSSR count). The maximum atomic E-state index is 11.2. The Morgan fingerprint density at radius 1 is 1.00 bits per heavy atom. The van der Waals surface area contributed by atoms with Gasteiger partial charge in [0.15, 0.2) is 5.82 Å². The number of anilines is 2. The highest BCUT2D eigenvalue weighted by Gasteiger charge is 2.09. The van der Waals surface area contributed by atoms with Crippen molar-refractivity contribution < 1.29 is 8.42 Å². The van der Waals surface area contributed by atoms with Gasteiger partial charge in [-0.05, 0) is 24.3 Å². The quantitative estimate of drug-likeness (QED) is 0.765. The number of aromatic nitrogens is 2. The second-order valence-electron chi connectivity index (χ2n) is 4.48. The molecule has 0 spiro atoms. The number of benzene rings is 2. The van der Waals surface area contributed by atoms with Crippen LogP contribution in [0.2, 0.25) is 0 Å². The predicted octanol–water partition coefficient (Wildman–Crippen LogP) is 2.60. The Bertz CT molecular complexity index is 875. The van der Waals surface area contributed by atoms with Crippen molar-refractivity contribution in [2.45, 2.75) is 4.90 Å². The van der Waals surface area contributed by atoms with E-state index in [-0.39, 0.29) is 4.90 Å². The number of rotatable bonds is 4. The van der Waals surface area contributed by atoms with Crippen LogP contribution in [0, 0.1) is 0 Å². The summed E-state index contributed by atoms with van der Waals surface area (Å²) in [6.45, 7) is 0. The Hall–Kier alpha value is -2.29. The zero-order valence-corrected chi connectivity index (χ0v) is 12.9. The standard InChI is InChI=1S/C14H12N4O2S2/c15-22(19,20)12-8-6-11(7-9-12)16-14-17-13(18-21-14)10-4-2-1-3-5-10/h1-9H,(H2,15,19,20)(H,16,17,18). The van der Waals surface area contributed by atoms with E-state index >= 15 is 0 Å². The maximum absolute atomic E-state index is 11.2. The van der Waals surface area contributed by atoms with Crippen LogP contribution in [0.1, 0.15) is 0 Å². The van der Waals surface area contributed by atoms with E-state index < -0.39 is 10.0 Å². The van der Waals surface area contributed by atoms with E-state index in [1.807, 2.05) is 30.3 Å². The van der Waals surface area contributed by atoms with Crippen LogP contribution in [0.15, 0.2) is 59.5 Å². The van der Waals surface area contributed by atoms with Crippen molar-refractivity contribution in [2.75, 3.05) is 5.32 Å². The fourth-order valence-corrected chi connectivity index (χ4v) is 2.96. The highest BCUT2D eigenvalue weighted by Crippen LogP contribution is 2.24. The van der Waals surface area contributed by atoms with E-state index in [0.717, 1.165) is 5.56 Å². The Morgan fingerprint density at radius 2 is 1.68 bits per heavy atom. The Balaban J connectivity index is 1.78. The molecule has 3 N–H and O–H groups in total. The fraction of sp³-hybridized carbons (Fsp3) is 0. The SMILES string of the molecule is NS(=O)(=O)c1ccc(Nc2nc(-c3ccccc3)ns2)cc1. The first-order valence-corrected chi connectivity index (χ1v) is 8.63. The van der Waals surface area contributed by atoms with E-state index in [0.29, 0.717) is 16.6 Å². The van der Waals surface area contributed by atoms with Crippen molar-refractivity contribution in [1.29, 1.82) is 0 Å². The van der Waals surface area contributed by atoms with Crippen LogP contribution in [0.4, 0.5) is 10.8 Å². The molecule has 0 unspecified atom stereocenters. The first-order valence-electron chi connectivity index (χ1n) is 6.31. The number of nitrogens with one attached hydrogen (secondary N) is 1. The molecule has 0 aliphatic heterocycles. The molecule has 2 aromatic carbocycles. The van der Waals surface area contributed by atoms with Crippen molar-refractivity contribution in [1.82, 2.24) is 9.36 Å². The number of hydrogen-bond acceptors (Lipinski definition) is 6. The highest BCUT2D eigenvalue weighted by atomic mass is 32.2.